The maximum atomic E-state index is 12.4. The molecule has 1 unspecified atom stereocenters. The predicted molar refractivity (Wildman–Crippen MR) is 111 cm³/mol. The van der Waals surface area contributed by atoms with Crippen LogP contribution < -0.4 is 5.32 Å². The Bertz CT molecular complexity index is 806. The molecule has 1 atom stereocenters. The number of benzene rings is 2. The van der Waals surface area contributed by atoms with Crippen molar-refractivity contribution in [3.05, 3.63) is 64.1 Å². The number of hydrogen-bond donors (Lipinski definition) is 1. The van der Waals surface area contributed by atoms with Gasteiger partial charge >= 0.3 is 11.9 Å². The molecule has 5 nitrogen and oxygen atoms in total. The Balaban J connectivity index is 2.15. The minimum atomic E-state index is -1.82. The summed E-state index contributed by atoms with van der Waals surface area (Å²) >= 11 is 28.9. The molecule has 0 aliphatic rings. The molecule has 10 heteroatoms. The summed E-state index contributed by atoms with van der Waals surface area (Å²) in [6.07, 6.45) is -1.62. The van der Waals surface area contributed by atoms with E-state index < -0.39 is 28.6 Å². The van der Waals surface area contributed by atoms with Crippen LogP contribution in [0.15, 0.2) is 48.5 Å². The number of anilines is 1. The fourth-order valence-corrected chi connectivity index (χ4v) is 2.74. The predicted octanol–water partition coefficient (Wildman–Crippen LogP) is 5.43. The first kappa shape index (κ1) is 22.9. The van der Waals surface area contributed by atoms with Crippen molar-refractivity contribution in [3.8, 4) is 0 Å². The van der Waals surface area contributed by atoms with Gasteiger partial charge in [-0.25, -0.2) is 4.79 Å². The maximum absolute atomic E-state index is 12.4. The number of carbonyl (C=O) groups is 2. The van der Waals surface area contributed by atoms with E-state index in [0.717, 1.165) is 0 Å². The summed E-state index contributed by atoms with van der Waals surface area (Å²) in [5.41, 5.74) is 0.894. The lowest BCUT2D eigenvalue weighted by Crippen LogP contribution is -2.38. The van der Waals surface area contributed by atoms with Crippen LogP contribution in [0.3, 0.4) is 0 Å². The lowest BCUT2D eigenvalue weighted by atomic mass is 10.2. The van der Waals surface area contributed by atoms with E-state index >= 15 is 0 Å². The highest BCUT2D eigenvalue weighted by Crippen LogP contribution is 2.31. The van der Waals surface area contributed by atoms with Gasteiger partial charge in [0.15, 0.2) is 0 Å². The van der Waals surface area contributed by atoms with Crippen molar-refractivity contribution in [2.45, 2.75) is 16.4 Å². The number of alkyl halides is 3. The average molecular weight is 486 g/mol. The van der Waals surface area contributed by atoms with E-state index in [0.29, 0.717) is 5.56 Å². The van der Waals surface area contributed by atoms with Crippen LogP contribution in [0.25, 0.3) is 0 Å². The van der Waals surface area contributed by atoms with Crippen LogP contribution in [0, 0.1) is 0 Å². The monoisotopic (exact) mass is 483 g/mol. The first-order valence-corrected chi connectivity index (χ1v) is 9.72. The maximum Gasteiger partial charge on any atom is 0.369 e. The van der Waals surface area contributed by atoms with Crippen molar-refractivity contribution in [2.24, 2.45) is 0 Å². The lowest BCUT2D eigenvalue weighted by Gasteiger charge is -2.21. The van der Waals surface area contributed by atoms with Crippen molar-refractivity contribution in [3.63, 3.8) is 0 Å². The van der Waals surface area contributed by atoms with Gasteiger partial charge < -0.3 is 14.8 Å². The number of nitrogens with one attached hydrogen (secondary N) is 1. The van der Waals surface area contributed by atoms with Gasteiger partial charge in [-0.2, -0.15) is 0 Å². The van der Waals surface area contributed by atoms with Crippen LogP contribution in [0.4, 0.5) is 5.69 Å². The van der Waals surface area contributed by atoms with E-state index in [4.69, 9.17) is 67.5 Å². The quantitative estimate of drug-likeness (QED) is 0.322. The van der Waals surface area contributed by atoms with E-state index in [-0.39, 0.29) is 22.2 Å². The SMILES string of the molecule is O=C(Cc1ccccc1)OC(Nc1c(Cl)cccc1Cl)C(=O)OCC(Cl)(Cl)Cl. The van der Waals surface area contributed by atoms with E-state index in [1.807, 2.05) is 6.07 Å². The first-order valence-electron chi connectivity index (χ1n) is 7.83. The molecule has 0 spiro atoms. The molecule has 28 heavy (non-hydrogen) atoms. The van der Waals surface area contributed by atoms with Crippen LogP contribution >= 0.6 is 58.0 Å². The molecule has 0 radical (unpaired) electrons. The molecule has 2 aromatic carbocycles. The number of ether oxygens (including phenoxy) is 2. The molecule has 0 heterocycles. The molecule has 0 bridgehead atoms. The number of esters is 2. The summed E-state index contributed by atoms with van der Waals surface area (Å²) in [6.45, 7) is -0.541. The first-order chi connectivity index (χ1) is 13.2. The standard InChI is InChI=1S/C18H14Cl5NO4/c19-12-7-4-8-13(20)15(12)24-16(17(26)27-10-18(21,22)23)28-14(25)9-11-5-2-1-3-6-11/h1-8,16,24H,9-10H2. The van der Waals surface area contributed by atoms with Crippen LogP contribution in [-0.4, -0.2) is 28.6 Å². The highest BCUT2D eigenvalue weighted by atomic mass is 35.6. The van der Waals surface area contributed by atoms with E-state index in [1.54, 1.807) is 42.5 Å². The fraction of sp³-hybridized carbons (Fsp3) is 0.222. The summed E-state index contributed by atoms with van der Waals surface area (Å²) in [5.74, 6) is -1.67. The van der Waals surface area contributed by atoms with Crippen LogP contribution in [-0.2, 0) is 25.5 Å². The molecule has 0 aliphatic carbocycles. The molecule has 0 amide bonds. The smallest absolute Gasteiger partial charge is 0.369 e. The number of hydrogen-bond acceptors (Lipinski definition) is 5. The Hall–Kier alpha value is -1.37. The normalized spacial score (nSPS) is 12.2. The van der Waals surface area contributed by atoms with Crippen molar-refractivity contribution >= 4 is 75.6 Å². The minimum Gasteiger partial charge on any atom is -0.457 e. The molecule has 0 aliphatic heterocycles. The highest BCUT2D eigenvalue weighted by molar-refractivity contribution is 6.67. The zero-order valence-electron chi connectivity index (χ0n) is 14.1. The van der Waals surface area contributed by atoms with Gasteiger partial charge in [-0.05, 0) is 17.7 Å². The second kappa shape index (κ2) is 10.4. The Morgan fingerprint density at radius 1 is 0.964 bits per heavy atom. The molecule has 0 fully saturated rings. The van der Waals surface area contributed by atoms with Gasteiger partial charge in [-0.15, -0.1) is 0 Å². The molecule has 0 saturated heterocycles. The molecular formula is C18H14Cl5NO4. The summed E-state index contributed by atoms with van der Waals surface area (Å²) < 4.78 is 8.31. The Labute approximate surface area is 186 Å². The van der Waals surface area contributed by atoms with Crippen molar-refractivity contribution in [2.75, 3.05) is 11.9 Å². The van der Waals surface area contributed by atoms with Gasteiger partial charge in [0.25, 0.3) is 6.23 Å². The van der Waals surface area contributed by atoms with Gasteiger partial charge in [0, 0.05) is 0 Å². The molecule has 1 N–H and O–H groups in total. The number of para-hydroxylation sites is 1. The third-order valence-electron chi connectivity index (χ3n) is 3.27. The van der Waals surface area contributed by atoms with Crippen LogP contribution in [0.5, 0.6) is 0 Å². The third-order valence-corrected chi connectivity index (χ3v) is 4.23. The molecule has 150 valence electrons. The summed E-state index contributed by atoms with van der Waals surface area (Å²) in [6, 6.07) is 13.6. The Morgan fingerprint density at radius 2 is 1.57 bits per heavy atom. The van der Waals surface area contributed by atoms with E-state index in [2.05, 4.69) is 5.32 Å². The molecule has 2 aromatic rings. The van der Waals surface area contributed by atoms with Crippen molar-refractivity contribution < 1.29 is 19.1 Å². The Kier molecular flexibility index (Phi) is 8.53. The fourth-order valence-electron chi connectivity index (χ4n) is 2.07. The third kappa shape index (κ3) is 7.57. The minimum absolute atomic E-state index is 0.0625. The Morgan fingerprint density at radius 3 is 2.14 bits per heavy atom. The van der Waals surface area contributed by atoms with Crippen molar-refractivity contribution in [1.82, 2.24) is 0 Å². The zero-order valence-corrected chi connectivity index (χ0v) is 17.9. The van der Waals surface area contributed by atoms with Gasteiger partial charge in [0.1, 0.15) is 6.61 Å². The largest absolute Gasteiger partial charge is 0.457 e. The van der Waals surface area contributed by atoms with Gasteiger partial charge in [-0.1, -0.05) is 94.4 Å². The molecule has 2 rings (SSSR count). The zero-order chi connectivity index (χ0) is 20.7. The van der Waals surface area contributed by atoms with Gasteiger partial charge in [0.05, 0.1) is 22.2 Å². The average Bonchev–Trinajstić information content (AvgIpc) is 2.62. The van der Waals surface area contributed by atoms with E-state index in [9.17, 15) is 9.59 Å². The summed E-state index contributed by atoms with van der Waals surface area (Å²) in [7, 11) is 0. The van der Waals surface area contributed by atoms with Crippen LogP contribution in [0.1, 0.15) is 5.56 Å². The number of halogens is 5. The summed E-state index contributed by atoms with van der Waals surface area (Å²) in [4.78, 5) is 24.7. The lowest BCUT2D eigenvalue weighted by molar-refractivity contribution is -0.165. The second-order valence-corrected chi connectivity index (χ2v) is 8.83. The number of rotatable bonds is 7. The van der Waals surface area contributed by atoms with E-state index in [1.165, 1.54) is 0 Å². The topological polar surface area (TPSA) is 64.6 Å². The van der Waals surface area contributed by atoms with Crippen LogP contribution in [0.2, 0.25) is 10.0 Å². The second-order valence-electron chi connectivity index (χ2n) is 5.50. The number of carbonyl (C=O) groups excluding carboxylic acids is 2. The highest BCUT2D eigenvalue weighted by Gasteiger charge is 2.30. The summed E-state index contributed by atoms with van der Waals surface area (Å²) in [5, 5.41) is 3.08. The molecule has 0 saturated carbocycles. The van der Waals surface area contributed by atoms with Gasteiger partial charge in [-0.3, -0.25) is 4.79 Å². The molecular weight excluding hydrogens is 471 g/mol. The van der Waals surface area contributed by atoms with Gasteiger partial charge in [0.2, 0.25) is 3.79 Å². The molecule has 0 aromatic heterocycles. The van der Waals surface area contributed by atoms with Crippen molar-refractivity contribution in [1.29, 1.82) is 0 Å².